The van der Waals surface area contributed by atoms with E-state index in [0.717, 1.165) is 12.8 Å². The number of rotatable bonds is 5. The van der Waals surface area contributed by atoms with E-state index >= 15 is 0 Å². The Morgan fingerprint density at radius 2 is 1.68 bits per heavy atom. The lowest BCUT2D eigenvalue weighted by atomic mass is 9.97. The zero-order valence-corrected chi connectivity index (χ0v) is 12.6. The molecule has 1 saturated carbocycles. The molecule has 1 rings (SSSR count). The van der Waals surface area contributed by atoms with Gasteiger partial charge in [-0.1, -0.05) is 32.1 Å². The van der Waals surface area contributed by atoms with Crippen molar-refractivity contribution in [3.8, 4) is 0 Å². The van der Waals surface area contributed by atoms with Crippen LogP contribution in [0.2, 0.25) is 0 Å². The van der Waals surface area contributed by atoms with Crippen LogP contribution in [0.15, 0.2) is 0 Å². The number of carbonyl (C=O) groups excluding carboxylic acids is 1. The van der Waals surface area contributed by atoms with Gasteiger partial charge in [-0.25, -0.2) is 13.2 Å². The van der Waals surface area contributed by atoms with Gasteiger partial charge in [0.15, 0.2) is 0 Å². The zero-order chi connectivity index (χ0) is 14.1. The van der Waals surface area contributed by atoms with Gasteiger partial charge < -0.3 is 10.6 Å². The summed E-state index contributed by atoms with van der Waals surface area (Å²) >= 11 is 0. The number of nitrogens with one attached hydrogen (secondary N) is 2. The molecule has 0 aromatic carbocycles. The summed E-state index contributed by atoms with van der Waals surface area (Å²) in [5.41, 5.74) is 0. The molecule has 5 nitrogen and oxygen atoms in total. The van der Waals surface area contributed by atoms with E-state index in [-0.39, 0.29) is 17.8 Å². The molecule has 2 N–H and O–H groups in total. The number of hydrogen-bond acceptors (Lipinski definition) is 3. The lowest BCUT2D eigenvalue weighted by Crippen LogP contribution is -2.42. The van der Waals surface area contributed by atoms with Crippen LogP contribution in [0.1, 0.15) is 51.4 Å². The number of carbonyl (C=O) groups is 1. The Kier molecular flexibility index (Phi) is 7.20. The largest absolute Gasteiger partial charge is 0.338 e. The quantitative estimate of drug-likeness (QED) is 0.759. The Balaban J connectivity index is 2.15. The minimum absolute atomic E-state index is 0.122. The fourth-order valence-electron chi connectivity index (χ4n) is 2.37. The van der Waals surface area contributed by atoms with Crippen LogP contribution in [0.3, 0.4) is 0 Å². The highest BCUT2D eigenvalue weighted by Crippen LogP contribution is 2.16. The molecule has 1 fully saturated rings. The Bertz CT molecular complexity index is 360. The molecule has 1 aliphatic rings. The highest BCUT2D eigenvalue weighted by Gasteiger charge is 2.13. The summed E-state index contributed by atoms with van der Waals surface area (Å²) in [7, 11) is -2.93. The van der Waals surface area contributed by atoms with Crippen molar-refractivity contribution in [3.05, 3.63) is 0 Å². The van der Waals surface area contributed by atoms with Gasteiger partial charge in [0.05, 0.1) is 5.75 Å². The van der Waals surface area contributed by atoms with E-state index in [1.54, 1.807) is 0 Å². The minimum Gasteiger partial charge on any atom is -0.338 e. The highest BCUT2D eigenvalue weighted by atomic mass is 32.2. The topological polar surface area (TPSA) is 75.3 Å². The molecule has 0 heterocycles. The fraction of sp³-hybridized carbons (Fsp3) is 0.923. The molecule has 0 saturated heterocycles. The first-order valence-corrected chi connectivity index (χ1v) is 9.25. The Morgan fingerprint density at radius 3 is 2.26 bits per heavy atom. The van der Waals surface area contributed by atoms with Crippen molar-refractivity contribution in [2.45, 2.75) is 57.4 Å². The van der Waals surface area contributed by atoms with Crippen LogP contribution < -0.4 is 10.6 Å². The summed E-state index contributed by atoms with van der Waals surface area (Å²) < 4.78 is 21.9. The summed E-state index contributed by atoms with van der Waals surface area (Å²) in [5, 5.41) is 5.71. The van der Waals surface area contributed by atoms with E-state index in [9.17, 15) is 13.2 Å². The van der Waals surface area contributed by atoms with E-state index in [1.165, 1.54) is 38.4 Å². The normalized spacial score (nSPS) is 18.4. The molecular formula is C13H26N2O3S. The van der Waals surface area contributed by atoms with Crippen LogP contribution in [-0.4, -0.2) is 39.0 Å². The second-order valence-electron chi connectivity index (χ2n) is 5.43. The molecule has 0 aliphatic heterocycles. The molecule has 0 spiro atoms. The van der Waals surface area contributed by atoms with Gasteiger partial charge in [0, 0.05) is 18.8 Å². The summed E-state index contributed by atoms with van der Waals surface area (Å²) in [6.07, 6.45) is 9.97. The predicted octanol–water partition coefficient (Wildman–Crippen LogP) is 1.83. The second kappa shape index (κ2) is 8.40. The molecule has 0 aromatic rings. The van der Waals surface area contributed by atoms with Crippen LogP contribution >= 0.6 is 0 Å². The number of amides is 2. The van der Waals surface area contributed by atoms with Crippen LogP contribution in [0.25, 0.3) is 0 Å². The maximum Gasteiger partial charge on any atom is 0.315 e. The van der Waals surface area contributed by atoms with Gasteiger partial charge in [-0.3, -0.25) is 0 Å². The van der Waals surface area contributed by atoms with Gasteiger partial charge in [-0.2, -0.15) is 0 Å². The molecule has 0 unspecified atom stereocenters. The molecule has 2 amide bonds. The third-order valence-electron chi connectivity index (χ3n) is 3.42. The first kappa shape index (κ1) is 16.3. The van der Waals surface area contributed by atoms with Gasteiger partial charge in [-0.15, -0.1) is 0 Å². The van der Waals surface area contributed by atoms with Gasteiger partial charge in [0.25, 0.3) is 0 Å². The van der Waals surface area contributed by atoms with Gasteiger partial charge in [0.2, 0.25) is 0 Å². The molecular weight excluding hydrogens is 264 g/mol. The first-order valence-electron chi connectivity index (χ1n) is 7.19. The van der Waals surface area contributed by atoms with E-state index in [2.05, 4.69) is 10.6 Å². The third-order valence-corrected chi connectivity index (χ3v) is 4.45. The Morgan fingerprint density at radius 1 is 1.11 bits per heavy atom. The summed E-state index contributed by atoms with van der Waals surface area (Å²) in [6, 6.07) is 0.106. The van der Waals surface area contributed by atoms with E-state index in [1.807, 2.05) is 0 Å². The summed E-state index contributed by atoms with van der Waals surface area (Å²) in [4.78, 5) is 11.7. The molecule has 0 radical (unpaired) electrons. The number of hydrogen-bond donors (Lipinski definition) is 2. The molecule has 1 aliphatic carbocycles. The average molecular weight is 290 g/mol. The van der Waals surface area contributed by atoms with Crippen molar-refractivity contribution in [2.24, 2.45) is 0 Å². The lowest BCUT2D eigenvalue weighted by molar-refractivity contribution is 0.234. The SMILES string of the molecule is CS(=O)(=O)CCCNC(=O)NC1CCCCCCC1. The maximum atomic E-state index is 11.7. The van der Waals surface area contributed by atoms with Crippen molar-refractivity contribution in [1.29, 1.82) is 0 Å². The van der Waals surface area contributed by atoms with Crippen LogP contribution in [0.5, 0.6) is 0 Å². The van der Waals surface area contributed by atoms with Crippen molar-refractivity contribution < 1.29 is 13.2 Å². The van der Waals surface area contributed by atoms with Crippen molar-refractivity contribution in [3.63, 3.8) is 0 Å². The Labute approximate surface area is 116 Å². The minimum atomic E-state index is -2.93. The zero-order valence-electron chi connectivity index (χ0n) is 11.8. The highest BCUT2D eigenvalue weighted by molar-refractivity contribution is 7.90. The summed E-state index contributed by atoms with van der Waals surface area (Å²) in [5.74, 6) is 0.122. The standard InChI is InChI=1S/C13H26N2O3S/c1-19(17,18)11-7-10-14-13(16)15-12-8-5-3-2-4-6-9-12/h12H,2-11H2,1H3,(H2,14,15,16). The lowest BCUT2D eigenvalue weighted by Gasteiger charge is -2.21. The van der Waals surface area contributed by atoms with Crippen molar-refractivity contribution in [1.82, 2.24) is 10.6 Å². The molecule has 6 heteroatoms. The first-order chi connectivity index (χ1) is 8.97. The van der Waals surface area contributed by atoms with Crippen LogP contribution in [-0.2, 0) is 9.84 Å². The average Bonchev–Trinajstić information content (AvgIpc) is 2.27. The van der Waals surface area contributed by atoms with E-state index < -0.39 is 9.84 Å². The predicted molar refractivity (Wildman–Crippen MR) is 77.0 cm³/mol. The number of urea groups is 1. The van der Waals surface area contributed by atoms with Gasteiger partial charge >= 0.3 is 6.03 Å². The second-order valence-corrected chi connectivity index (χ2v) is 7.69. The van der Waals surface area contributed by atoms with E-state index in [4.69, 9.17) is 0 Å². The van der Waals surface area contributed by atoms with Gasteiger partial charge in [0.1, 0.15) is 9.84 Å². The molecule has 0 bridgehead atoms. The Hall–Kier alpha value is -0.780. The molecule has 19 heavy (non-hydrogen) atoms. The van der Waals surface area contributed by atoms with Crippen LogP contribution in [0.4, 0.5) is 4.79 Å². The molecule has 0 aromatic heterocycles. The number of sulfone groups is 1. The summed E-state index contributed by atoms with van der Waals surface area (Å²) in [6.45, 7) is 0.408. The van der Waals surface area contributed by atoms with Gasteiger partial charge in [-0.05, 0) is 19.3 Å². The fourth-order valence-corrected chi connectivity index (χ4v) is 3.04. The van der Waals surface area contributed by atoms with Crippen molar-refractivity contribution >= 4 is 15.9 Å². The molecule has 0 atom stereocenters. The third kappa shape index (κ3) is 8.86. The smallest absolute Gasteiger partial charge is 0.315 e. The monoisotopic (exact) mass is 290 g/mol. The van der Waals surface area contributed by atoms with E-state index in [0.29, 0.717) is 13.0 Å². The maximum absolute atomic E-state index is 11.7. The van der Waals surface area contributed by atoms with Crippen LogP contribution in [0, 0.1) is 0 Å². The molecule has 112 valence electrons. The van der Waals surface area contributed by atoms with Crippen molar-refractivity contribution in [2.75, 3.05) is 18.6 Å².